The standard InChI is InChI=1S/C14H14N4S/c1-9-7-10(2)15-13(8-9)18-11(3)16-17-14(18)12-5-4-6-19-12/h4-8H,1-3H3. The first kappa shape index (κ1) is 12.0. The van der Waals surface area contributed by atoms with Gasteiger partial charge in [0.1, 0.15) is 11.6 Å². The minimum Gasteiger partial charge on any atom is -0.262 e. The SMILES string of the molecule is Cc1cc(C)nc(-n2c(C)nnc2-c2cccs2)c1. The molecule has 3 heterocycles. The molecular weight excluding hydrogens is 256 g/mol. The Bertz CT molecular complexity index is 693. The maximum Gasteiger partial charge on any atom is 0.179 e. The molecule has 3 aromatic rings. The molecule has 3 aromatic heterocycles. The first-order valence-electron chi connectivity index (χ1n) is 6.07. The molecule has 0 amide bonds. The maximum atomic E-state index is 4.60. The van der Waals surface area contributed by atoms with E-state index in [9.17, 15) is 0 Å². The minimum atomic E-state index is 0.848. The van der Waals surface area contributed by atoms with Crippen LogP contribution in [0.1, 0.15) is 17.1 Å². The first-order chi connectivity index (χ1) is 9.15. The van der Waals surface area contributed by atoms with E-state index in [2.05, 4.69) is 34.2 Å². The summed E-state index contributed by atoms with van der Waals surface area (Å²) in [6.45, 7) is 6.02. The van der Waals surface area contributed by atoms with Gasteiger partial charge < -0.3 is 0 Å². The van der Waals surface area contributed by atoms with Gasteiger partial charge in [-0.2, -0.15) is 0 Å². The number of aromatic nitrogens is 4. The smallest absolute Gasteiger partial charge is 0.179 e. The van der Waals surface area contributed by atoms with Gasteiger partial charge in [-0.3, -0.25) is 4.57 Å². The van der Waals surface area contributed by atoms with Crippen molar-refractivity contribution in [3.05, 3.63) is 46.7 Å². The zero-order chi connectivity index (χ0) is 13.4. The number of hydrogen-bond acceptors (Lipinski definition) is 4. The van der Waals surface area contributed by atoms with Gasteiger partial charge in [-0.05, 0) is 49.9 Å². The van der Waals surface area contributed by atoms with E-state index in [4.69, 9.17) is 0 Å². The van der Waals surface area contributed by atoms with E-state index in [1.54, 1.807) is 11.3 Å². The van der Waals surface area contributed by atoms with Crippen molar-refractivity contribution >= 4 is 11.3 Å². The Morgan fingerprint density at radius 1 is 1.11 bits per heavy atom. The molecule has 3 rings (SSSR count). The van der Waals surface area contributed by atoms with Crippen LogP contribution in [0.2, 0.25) is 0 Å². The summed E-state index contributed by atoms with van der Waals surface area (Å²) < 4.78 is 2.01. The third kappa shape index (κ3) is 2.17. The average molecular weight is 270 g/mol. The Labute approximate surface area is 115 Å². The summed E-state index contributed by atoms with van der Waals surface area (Å²) in [5, 5.41) is 10.5. The zero-order valence-electron chi connectivity index (χ0n) is 11.1. The lowest BCUT2D eigenvalue weighted by atomic mass is 10.2. The number of rotatable bonds is 2. The van der Waals surface area contributed by atoms with E-state index in [0.29, 0.717) is 0 Å². The molecule has 0 saturated heterocycles. The Morgan fingerprint density at radius 2 is 1.95 bits per heavy atom. The molecule has 0 saturated carbocycles. The van der Waals surface area contributed by atoms with Gasteiger partial charge in [0.2, 0.25) is 0 Å². The van der Waals surface area contributed by atoms with Gasteiger partial charge in [0.15, 0.2) is 5.82 Å². The molecule has 19 heavy (non-hydrogen) atoms. The first-order valence-corrected chi connectivity index (χ1v) is 6.94. The highest BCUT2D eigenvalue weighted by Gasteiger charge is 2.14. The molecule has 0 aliphatic carbocycles. The van der Waals surface area contributed by atoms with Gasteiger partial charge in [-0.25, -0.2) is 4.98 Å². The van der Waals surface area contributed by atoms with Crippen LogP contribution >= 0.6 is 11.3 Å². The van der Waals surface area contributed by atoms with E-state index in [0.717, 1.165) is 28.0 Å². The number of hydrogen-bond donors (Lipinski definition) is 0. The second kappa shape index (κ2) is 4.59. The Kier molecular flexibility index (Phi) is 2.91. The van der Waals surface area contributed by atoms with Gasteiger partial charge >= 0.3 is 0 Å². The zero-order valence-corrected chi connectivity index (χ0v) is 11.9. The minimum absolute atomic E-state index is 0.848. The molecule has 0 aliphatic rings. The molecule has 0 bridgehead atoms. The van der Waals surface area contributed by atoms with Crippen molar-refractivity contribution in [2.45, 2.75) is 20.8 Å². The fraction of sp³-hybridized carbons (Fsp3) is 0.214. The number of nitrogens with zero attached hydrogens (tertiary/aromatic N) is 4. The van der Waals surface area contributed by atoms with Crippen LogP contribution in [-0.4, -0.2) is 19.7 Å². The largest absolute Gasteiger partial charge is 0.262 e. The van der Waals surface area contributed by atoms with Crippen LogP contribution in [0.5, 0.6) is 0 Å². The van der Waals surface area contributed by atoms with Crippen LogP contribution in [0.25, 0.3) is 16.5 Å². The predicted molar refractivity (Wildman–Crippen MR) is 76.7 cm³/mol. The van der Waals surface area contributed by atoms with E-state index >= 15 is 0 Å². The summed E-state index contributed by atoms with van der Waals surface area (Å²) in [4.78, 5) is 5.69. The molecular formula is C14H14N4S. The Hall–Kier alpha value is -2.01. The third-order valence-electron chi connectivity index (χ3n) is 2.88. The highest BCUT2D eigenvalue weighted by atomic mass is 32.1. The highest BCUT2D eigenvalue weighted by molar-refractivity contribution is 7.13. The monoisotopic (exact) mass is 270 g/mol. The second-order valence-electron chi connectivity index (χ2n) is 4.53. The van der Waals surface area contributed by atoms with Crippen molar-refractivity contribution < 1.29 is 0 Å². The maximum absolute atomic E-state index is 4.60. The summed E-state index contributed by atoms with van der Waals surface area (Å²) in [6.07, 6.45) is 0. The summed E-state index contributed by atoms with van der Waals surface area (Å²) in [6, 6.07) is 8.19. The van der Waals surface area contributed by atoms with E-state index in [1.165, 1.54) is 5.56 Å². The van der Waals surface area contributed by atoms with Gasteiger partial charge in [0.05, 0.1) is 4.88 Å². The lowest BCUT2D eigenvalue weighted by Gasteiger charge is -2.08. The van der Waals surface area contributed by atoms with Crippen LogP contribution in [0, 0.1) is 20.8 Å². The molecule has 4 nitrogen and oxygen atoms in total. The van der Waals surface area contributed by atoms with Crippen molar-refractivity contribution in [3.63, 3.8) is 0 Å². The fourth-order valence-electron chi connectivity index (χ4n) is 2.14. The number of thiophene rings is 1. The molecule has 5 heteroatoms. The quantitative estimate of drug-likeness (QED) is 0.717. The third-order valence-corrected chi connectivity index (χ3v) is 3.75. The van der Waals surface area contributed by atoms with Crippen molar-refractivity contribution in [3.8, 4) is 16.5 Å². The summed E-state index contributed by atoms with van der Waals surface area (Å²) >= 11 is 1.66. The predicted octanol–water partition coefficient (Wildman–Crippen LogP) is 3.32. The molecule has 0 radical (unpaired) electrons. The van der Waals surface area contributed by atoms with Gasteiger partial charge in [0.25, 0.3) is 0 Å². The van der Waals surface area contributed by atoms with Crippen molar-refractivity contribution in [2.24, 2.45) is 0 Å². The molecule has 0 N–H and O–H groups in total. The Balaban J connectivity index is 2.22. The van der Waals surface area contributed by atoms with E-state index in [1.807, 2.05) is 35.9 Å². The van der Waals surface area contributed by atoms with Crippen molar-refractivity contribution in [1.82, 2.24) is 19.7 Å². The van der Waals surface area contributed by atoms with Crippen LogP contribution in [0.15, 0.2) is 29.6 Å². The molecule has 0 fully saturated rings. The molecule has 0 spiro atoms. The van der Waals surface area contributed by atoms with Crippen LogP contribution in [0.4, 0.5) is 0 Å². The lowest BCUT2D eigenvalue weighted by Crippen LogP contribution is -2.03. The molecule has 0 atom stereocenters. The summed E-state index contributed by atoms with van der Waals surface area (Å²) in [5.41, 5.74) is 2.19. The van der Waals surface area contributed by atoms with Gasteiger partial charge in [0, 0.05) is 5.69 Å². The average Bonchev–Trinajstić information content (AvgIpc) is 2.95. The molecule has 96 valence electrons. The topological polar surface area (TPSA) is 43.6 Å². The second-order valence-corrected chi connectivity index (χ2v) is 5.48. The van der Waals surface area contributed by atoms with Crippen molar-refractivity contribution in [1.29, 1.82) is 0 Å². The van der Waals surface area contributed by atoms with Gasteiger partial charge in [-0.15, -0.1) is 21.5 Å². The Morgan fingerprint density at radius 3 is 2.63 bits per heavy atom. The highest BCUT2D eigenvalue weighted by Crippen LogP contribution is 2.26. The number of pyridine rings is 1. The van der Waals surface area contributed by atoms with Gasteiger partial charge in [-0.1, -0.05) is 6.07 Å². The van der Waals surface area contributed by atoms with Crippen molar-refractivity contribution in [2.75, 3.05) is 0 Å². The molecule has 0 aromatic carbocycles. The normalized spacial score (nSPS) is 10.9. The lowest BCUT2D eigenvalue weighted by molar-refractivity contribution is 0.923. The van der Waals surface area contributed by atoms with Crippen LogP contribution in [-0.2, 0) is 0 Å². The van der Waals surface area contributed by atoms with Crippen LogP contribution < -0.4 is 0 Å². The number of aryl methyl sites for hydroxylation is 3. The molecule has 0 unspecified atom stereocenters. The molecule has 0 aliphatic heterocycles. The van der Waals surface area contributed by atoms with Crippen LogP contribution in [0.3, 0.4) is 0 Å². The summed E-state index contributed by atoms with van der Waals surface area (Å²) in [7, 11) is 0. The fourth-order valence-corrected chi connectivity index (χ4v) is 2.83. The summed E-state index contributed by atoms with van der Waals surface area (Å²) in [5.74, 6) is 2.58. The van der Waals surface area contributed by atoms with E-state index in [-0.39, 0.29) is 0 Å². The van der Waals surface area contributed by atoms with E-state index < -0.39 is 0 Å².